The number of carbonyl (C=O) groups is 2. The van der Waals surface area contributed by atoms with Crippen molar-refractivity contribution in [3.8, 4) is 23.3 Å². The van der Waals surface area contributed by atoms with E-state index in [-0.39, 0.29) is 52.9 Å². The highest BCUT2D eigenvalue weighted by atomic mass is 16.6. The molecule has 64 heavy (non-hydrogen) atoms. The maximum atomic E-state index is 13.2. The average molecular weight is 880 g/mol. The molecule has 0 fully saturated rings. The molecule has 1 heterocycles. The van der Waals surface area contributed by atoms with Gasteiger partial charge in [0.2, 0.25) is 11.8 Å². The summed E-state index contributed by atoms with van der Waals surface area (Å²) in [7, 11) is 11.2. The summed E-state index contributed by atoms with van der Waals surface area (Å²) in [4.78, 5) is 38.2. The van der Waals surface area contributed by atoms with Gasteiger partial charge in [0.15, 0.2) is 0 Å². The third kappa shape index (κ3) is 16.5. The number of pyridine rings is 1. The lowest BCUT2D eigenvalue weighted by Crippen LogP contribution is -2.31. The first-order chi connectivity index (χ1) is 31.1. The summed E-state index contributed by atoms with van der Waals surface area (Å²) >= 11 is 0. The minimum absolute atomic E-state index is 0.0824. The summed E-state index contributed by atoms with van der Waals surface area (Å²) in [5.41, 5.74) is 6.02. The van der Waals surface area contributed by atoms with Gasteiger partial charge < -0.3 is 47.7 Å². The molecular formula is C49H61N5O10. The minimum Gasteiger partial charge on any atom is -0.497 e. The molecule has 0 atom stereocenters. The Morgan fingerprint density at radius 3 is 1.09 bits per heavy atom. The molecule has 0 radical (unpaired) electrons. The minimum atomic E-state index is -0.441. The second-order valence-corrected chi connectivity index (χ2v) is 15.0. The van der Waals surface area contributed by atoms with Crippen LogP contribution in [0, 0.1) is 0 Å². The number of benzene rings is 4. The van der Waals surface area contributed by atoms with Gasteiger partial charge in [-0.2, -0.15) is 4.98 Å². The van der Waals surface area contributed by atoms with Crippen LogP contribution >= 0.6 is 0 Å². The second-order valence-electron chi connectivity index (χ2n) is 15.0. The van der Waals surface area contributed by atoms with Crippen molar-refractivity contribution in [2.24, 2.45) is 0 Å². The number of hydrogen-bond acceptors (Lipinski definition) is 13. The molecule has 0 N–H and O–H groups in total. The number of ether oxygens (including phenoxy) is 8. The van der Waals surface area contributed by atoms with E-state index in [1.54, 1.807) is 42.2 Å². The molecule has 0 saturated heterocycles. The van der Waals surface area contributed by atoms with E-state index in [1.807, 2.05) is 135 Å². The molecule has 2 amide bonds. The Kier molecular flexibility index (Phi) is 19.7. The SMILES string of the molecule is COc1ccc(CN(Cc2ccc(N(C)C)cc2)C(=O)OCCOCCOc2cccc(OCCOCCOC(=O)N(Cc3ccc(OC)cc3)Cc3ccc(N(C)C)cc3)n2)cc1. The lowest BCUT2D eigenvalue weighted by Gasteiger charge is -2.23. The van der Waals surface area contributed by atoms with Crippen LogP contribution in [0.1, 0.15) is 22.3 Å². The number of hydrogen-bond donors (Lipinski definition) is 0. The van der Waals surface area contributed by atoms with Crippen molar-refractivity contribution in [2.45, 2.75) is 26.2 Å². The summed E-state index contributed by atoms with van der Waals surface area (Å²) in [6.45, 7) is 3.07. The molecule has 15 heteroatoms. The quantitative estimate of drug-likeness (QED) is 0.0503. The first-order valence-electron chi connectivity index (χ1n) is 21.1. The molecule has 1 aromatic heterocycles. The Morgan fingerprint density at radius 1 is 0.438 bits per heavy atom. The van der Waals surface area contributed by atoms with Gasteiger partial charge in [0.25, 0.3) is 0 Å². The van der Waals surface area contributed by atoms with Crippen LogP contribution in [0.2, 0.25) is 0 Å². The number of nitrogens with zero attached hydrogens (tertiary/aromatic N) is 5. The molecule has 0 aliphatic rings. The topological polar surface area (TPSA) is 134 Å². The van der Waals surface area contributed by atoms with E-state index in [9.17, 15) is 9.59 Å². The van der Waals surface area contributed by atoms with Gasteiger partial charge in [-0.15, -0.1) is 0 Å². The van der Waals surface area contributed by atoms with Crippen molar-refractivity contribution in [1.29, 1.82) is 0 Å². The van der Waals surface area contributed by atoms with Gasteiger partial charge in [-0.1, -0.05) is 54.6 Å². The largest absolute Gasteiger partial charge is 0.497 e. The molecule has 5 aromatic rings. The maximum Gasteiger partial charge on any atom is 0.410 e. The highest BCUT2D eigenvalue weighted by Crippen LogP contribution is 2.20. The summed E-state index contributed by atoms with van der Waals surface area (Å²) in [6.07, 6.45) is -0.882. The molecular weight excluding hydrogens is 819 g/mol. The molecule has 15 nitrogen and oxygen atoms in total. The second kappa shape index (κ2) is 26.0. The Balaban J connectivity index is 0.967. The fourth-order valence-electron chi connectivity index (χ4n) is 6.24. The standard InChI is InChI=1S/C49H61N5O10/c1-51(2)42-18-10-38(11-19-42)34-53(36-40-14-22-44(57-5)23-15-40)48(55)63-32-28-59-26-30-61-46-8-7-9-47(50-46)62-31-27-60-29-33-64-49(56)54(37-41-16-24-45(58-6)25-17-41)35-39-12-20-43(21-13-39)52(3)4/h7-25H,26-37H2,1-6H3. The van der Waals surface area contributed by atoms with Crippen LogP contribution in [0.25, 0.3) is 0 Å². The lowest BCUT2D eigenvalue weighted by atomic mass is 10.1. The van der Waals surface area contributed by atoms with E-state index in [0.29, 0.717) is 37.9 Å². The monoisotopic (exact) mass is 879 g/mol. The van der Waals surface area contributed by atoms with E-state index < -0.39 is 12.2 Å². The molecule has 0 unspecified atom stereocenters. The zero-order chi connectivity index (χ0) is 45.5. The van der Waals surface area contributed by atoms with Crippen LogP contribution in [0.3, 0.4) is 0 Å². The molecule has 4 aromatic carbocycles. The third-order valence-corrected chi connectivity index (χ3v) is 9.79. The fourth-order valence-corrected chi connectivity index (χ4v) is 6.24. The van der Waals surface area contributed by atoms with E-state index in [2.05, 4.69) is 4.98 Å². The van der Waals surface area contributed by atoms with Gasteiger partial charge in [0.05, 0.1) is 40.6 Å². The predicted molar refractivity (Wildman–Crippen MR) is 246 cm³/mol. The van der Waals surface area contributed by atoms with E-state index >= 15 is 0 Å². The highest BCUT2D eigenvalue weighted by Gasteiger charge is 2.18. The van der Waals surface area contributed by atoms with Crippen molar-refractivity contribution in [1.82, 2.24) is 14.8 Å². The molecule has 5 rings (SSSR count). The number of rotatable bonds is 26. The molecule has 0 aliphatic heterocycles. The molecule has 0 spiro atoms. The summed E-state index contributed by atoms with van der Waals surface area (Å²) < 4.78 is 44.6. The lowest BCUT2D eigenvalue weighted by molar-refractivity contribution is 0.0410. The number of carbonyl (C=O) groups excluding carboxylic acids is 2. The van der Waals surface area contributed by atoms with Crippen molar-refractivity contribution >= 4 is 23.6 Å². The Morgan fingerprint density at radius 2 is 0.766 bits per heavy atom. The van der Waals surface area contributed by atoms with E-state index in [1.165, 1.54) is 0 Å². The van der Waals surface area contributed by atoms with Crippen LogP contribution in [0.4, 0.5) is 21.0 Å². The van der Waals surface area contributed by atoms with Gasteiger partial charge in [0, 0.05) is 77.9 Å². The summed E-state index contributed by atoms with van der Waals surface area (Å²) in [6, 6.07) is 36.6. The number of aromatic nitrogens is 1. The van der Waals surface area contributed by atoms with Crippen LogP contribution < -0.4 is 28.7 Å². The van der Waals surface area contributed by atoms with Gasteiger partial charge in [0.1, 0.15) is 37.9 Å². The molecule has 0 aliphatic carbocycles. The predicted octanol–water partition coefficient (Wildman–Crippen LogP) is 7.70. The maximum absolute atomic E-state index is 13.2. The molecule has 342 valence electrons. The Labute approximate surface area is 376 Å². The Bertz CT molecular complexity index is 1970. The van der Waals surface area contributed by atoms with Crippen molar-refractivity contribution in [3.05, 3.63) is 138 Å². The third-order valence-electron chi connectivity index (χ3n) is 9.79. The number of amides is 2. The molecule has 0 saturated carbocycles. The van der Waals surface area contributed by atoms with Crippen molar-refractivity contribution < 1.29 is 47.5 Å². The van der Waals surface area contributed by atoms with Crippen molar-refractivity contribution in [2.75, 3.05) is 105 Å². The van der Waals surface area contributed by atoms with Crippen LogP contribution in [-0.2, 0) is 45.1 Å². The van der Waals surface area contributed by atoms with Crippen LogP contribution in [0.15, 0.2) is 115 Å². The van der Waals surface area contributed by atoms with Gasteiger partial charge in [-0.3, -0.25) is 9.80 Å². The highest BCUT2D eigenvalue weighted by molar-refractivity contribution is 5.68. The smallest absolute Gasteiger partial charge is 0.410 e. The summed E-state index contributed by atoms with van der Waals surface area (Å²) in [5.74, 6) is 2.24. The number of anilines is 2. The van der Waals surface area contributed by atoms with E-state index in [4.69, 9.17) is 37.9 Å². The molecule has 0 bridgehead atoms. The normalized spacial score (nSPS) is 10.7. The first kappa shape index (κ1) is 48.3. The Hall–Kier alpha value is -6.71. The van der Waals surface area contributed by atoms with Crippen molar-refractivity contribution in [3.63, 3.8) is 0 Å². The average Bonchev–Trinajstić information content (AvgIpc) is 3.31. The fraction of sp³-hybridized carbons (Fsp3) is 0.367. The zero-order valence-electron chi connectivity index (χ0n) is 37.8. The zero-order valence-corrected chi connectivity index (χ0v) is 37.8. The number of methoxy groups -OCH3 is 2. The van der Waals surface area contributed by atoms with Gasteiger partial charge in [-0.05, 0) is 70.8 Å². The van der Waals surface area contributed by atoms with E-state index in [0.717, 1.165) is 45.1 Å². The van der Waals surface area contributed by atoms with Gasteiger partial charge >= 0.3 is 12.2 Å². The van der Waals surface area contributed by atoms with Gasteiger partial charge in [-0.25, -0.2) is 9.59 Å². The first-order valence-corrected chi connectivity index (χ1v) is 21.1. The van der Waals surface area contributed by atoms with Crippen LogP contribution in [-0.4, -0.2) is 122 Å². The summed E-state index contributed by atoms with van der Waals surface area (Å²) in [5, 5.41) is 0. The van der Waals surface area contributed by atoms with Crippen LogP contribution in [0.5, 0.6) is 23.3 Å².